The Morgan fingerprint density at radius 3 is 2.78 bits per heavy atom. The van der Waals surface area contributed by atoms with Crippen LogP contribution in [0.5, 0.6) is 0 Å². The minimum absolute atomic E-state index is 0.286. The third kappa shape index (κ3) is 5.35. The summed E-state index contributed by atoms with van der Waals surface area (Å²) in [6.45, 7) is 7.85. The molecule has 0 aliphatic carbocycles. The summed E-state index contributed by atoms with van der Waals surface area (Å²) in [5, 5.41) is 12.7. The van der Waals surface area contributed by atoms with Crippen molar-refractivity contribution in [3.8, 4) is 0 Å². The van der Waals surface area contributed by atoms with Gasteiger partial charge in [0.05, 0.1) is 0 Å². The lowest BCUT2D eigenvalue weighted by molar-refractivity contribution is 0.371. The van der Waals surface area contributed by atoms with Crippen LogP contribution in [-0.2, 0) is 6.42 Å². The van der Waals surface area contributed by atoms with Crippen molar-refractivity contribution in [1.29, 1.82) is 0 Å². The Morgan fingerprint density at radius 2 is 2.17 bits per heavy atom. The predicted molar refractivity (Wildman–Crippen MR) is 94.2 cm³/mol. The molecule has 0 aromatic carbocycles. The summed E-state index contributed by atoms with van der Waals surface area (Å²) in [7, 11) is 1.77. The van der Waals surface area contributed by atoms with Gasteiger partial charge in [0.15, 0.2) is 11.8 Å². The number of guanidine groups is 1. The Hall–Kier alpha value is -1.89. The fourth-order valence-electron chi connectivity index (χ4n) is 2.03. The van der Waals surface area contributed by atoms with Gasteiger partial charge in [0.25, 0.3) is 0 Å². The second kappa shape index (κ2) is 8.67. The van der Waals surface area contributed by atoms with E-state index in [1.54, 1.807) is 18.4 Å². The van der Waals surface area contributed by atoms with E-state index in [1.165, 1.54) is 4.88 Å². The molecule has 6 nitrogen and oxygen atoms in total. The van der Waals surface area contributed by atoms with Crippen LogP contribution in [0.1, 0.15) is 49.2 Å². The van der Waals surface area contributed by atoms with Crippen molar-refractivity contribution in [2.24, 2.45) is 4.99 Å². The fourth-order valence-corrected chi connectivity index (χ4v) is 2.82. The first-order valence-corrected chi connectivity index (χ1v) is 8.78. The Kier molecular flexibility index (Phi) is 6.58. The van der Waals surface area contributed by atoms with Gasteiger partial charge in [-0.05, 0) is 11.4 Å². The van der Waals surface area contributed by atoms with E-state index < -0.39 is 0 Å². The van der Waals surface area contributed by atoms with Crippen LogP contribution in [0.2, 0.25) is 0 Å². The maximum Gasteiger partial charge on any atom is 0.228 e. The molecule has 2 heterocycles. The number of hydrogen-bond acceptors (Lipinski definition) is 5. The summed E-state index contributed by atoms with van der Waals surface area (Å²) >= 11 is 1.78. The molecule has 2 rings (SSSR count). The molecule has 0 radical (unpaired) electrons. The minimum atomic E-state index is 0.286. The molecule has 0 fully saturated rings. The van der Waals surface area contributed by atoms with Crippen LogP contribution in [0, 0.1) is 0 Å². The Labute approximate surface area is 141 Å². The summed E-state index contributed by atoms with van der Waals surface area (Å²) in [6.07, 6.45) is 0.681. The molecule has 0 saturated carbocycles. The molecule has 126 valence electrons. The van der Waals surface area contributed by atoms with Crippen molar-refractivity contribution in [1.82, 2.24) is 20.8 Å². The van der Waals surface area contributed by atoms with Crippen molar-refractivity contribution in [3.63, 3.8) is 0 Å². The molecule has 0 aliphatic heterocycles. The topological polar surface area (TPSA) is 75.3 Å². The Balaban J connectivity index is 1.72. The number of aliphatic imine (C=N–C) groups is 1. The fraction of sp³-hybridized carbons (Fsp3) is 0.562. The quantitative estimate of drug-likeness (QED) is 0.601. The number of rotatable bonds is 7. The van der Waals surface area contributed by atoms with Crippen molar-refractivity contribution >= 4 is 17.3 Å². The molecule has 23 heavy (non-hydrogen) atoms. The van der Waals surface area contributed by atoms with Gasteiger partial charge in [-0.1, -0.05) is 32.0 Å². The molecule has 7 heteroatoms. The van der Waals surface area contributed by atoms with E-state index in [-0.39, 0.29) is 5.92 Å². The third-order valence-corrected chi connectivity index (χ3v) is 4.56. The average molecular weight is 335 g/mol. The maximum atomic E-state index is 5.23. The lowest BCUT2D eigenvalue weighted by Crippen LogP contribution is -2.39. The monoisotopic (exact) mass is 335 g/mol. The van der Waals surface area contributed by atoms with Crippen molar-refractivity contribution in [3.05, 3.63) is 34.1 Å². The van der Waals surface area contributed by atoms with Gasteiger partial charge in [0.1, 0.15) is 0 Å². The van der Waals surface area contributed by atoms with Crippen LogP contribution in [0.3, 0.4) is 0 Å². The van der Waals surface area contributed by atoms with Crippen LogP contribution in [0.25, 0.3) is 0 Å². The van der Waals surface area contributed by atoms with E-state index in [0.29, 0.717) is 24.8 Å². The van der Waals surface area contributed by atoms with Crippen molar-refractivity contribution in [2.75, 3.05) is 20.1 Å². The van der Waals surface area contributed by atoms with Crippen LogP contribution in [0.4, 0.5) is 0 Å². The molecule has 2 aromatic rings. The summed E-state index contributed by atoms with van der Waals surface area (Å²) < 4.78 is 5.23. The summed E-state index contributed by atoms with van der Waals surface area (Å²) in [5.41, 5.74) is 0. The van der Waals surface area contributed by atoms with Crippen molar-refractivity contribution < 1.29 is 4.52 Å². The van der Waals surface area contributed by atoms with Gasteiger partial charge in [0, 0.05) is 43.3 Å². The zero-order chi connectivity index (χ0) is 16.7. The number of nitrogens with one attached hydrogen (secondary N) is 2. The second-order valence-electron chi connectivity index (χ2n) is 5.75. The summed E-state index contributed by atoms with van der Waals surface area (Å²) in [4.78, 5) is 9.98. The third-order valence-electron chi connectivity index (χ3n) is 3.46. The van der Waals surface area contributed by atoms with Gasteiger partial charge in [-0.15, -0.1) is 11.3 Å². The van der Waals surface area contributed by atoms with Crippen molar-refractivity contribution in [2.45, 2.75) is 39.0 Å². The molecule has 2 N–H and O–H groups in total. The second-order valence-corrected chi connectivity index (χ2v) is 6.73. The molecule has 0 saturated heterocycles. The Morgan fingerprint density at radius 1 is 1.35 bits per heavy atom. The van der Waals surface area contributed by atoms with Crippen LogP contribution in [0.15, 0.2) is 27.0 Å². The number of hydrogen-bond donors (Lipinski definition) is 2. The largest absolute Gasteiger partial charge is 0.356 e. The van der Waals surface area contributed by atoms with E-state index in [1.807, 2.05) is 13.8 Å². The lowest BCUT2D eigenvalue weighted by atomic mass is 10.1. The Bertz CT molecular complexity index is 606. The molecule has 0 amide bonds. The summed E-state index contributed by atoms with van der Waals surface area (Å²) in [5.74, 6) is 2.94. The first-order valence-electron chi connectivity index (χ1n) is 7.90. The first-order chi connectivity index (χ1) is 11.1. The zero-order valence-electron chi connectivity index (χ0n) is 14.2. The molecular formula is C16H25N5OS. The molecular weight excluding hydrogens is 310 g/mol. The van der Waals surface area contributed by atoms with Crippen LogP contribution in [-0.4, -0.2) is 36.2 Å². The van der Waals surface area contributed by atoms with E-state index in [2.05, 4.69) is 50.2 Å². The van der Waals surface area contributed by atoms with E-state index in [4.69, 9.17) is 4.52 Å². The highest BCUT2D eigenvalue weighted by atomic mass is 32.1. The SMILES string of the molecule is CN=C(NCCc1nc(C(C)C)no1)NCC(C)c1cccs1. The zero-order valence-corrected chi connectivity index (χ0v) is 15.0. The van der Waals surface area contributed by atoms with Gasteiger partial charge < -0.3 is 15.2 Å². The van der Waals surface area contributed by atoms with Gasteiger partial charge in [0.2, 0.25) is 5.89 Å². The normalized spacial score (nSPS) is 13.3. The standard InChI is InChI=1S/C16H25N5OS/c1-11(2)15-20-14(22-21-15)7-8-18-16(17-4)19-10-12(3)13-6-5-9-23-13/h5-6,9,11-12H,7-8,10H2,1-4H3,(H2,17,18,19). The smallest absolute Gasteiger partial charge is 0.228 e. The molecule has 2 aromatic heterocycles. The van der Waals surface area contributed by atoms with E-state index >= 15 is 0 Å². The highest BCUT2D eigenvalue weighted by molar-refractivity contribution is 7.10. The number of nitrogens with zero attached hydrogens (tertiary/aromatic N) is 3. The van der Waals surface area contributed by atoms with Crippen LogP contribution < -0.4 is 10.6 Å². The summed E-state index contributed by atoms with van der Waals surface area (Å²) in [6, 6.07) is 4.24. The van der Waals surface area contributed by atoms with Gasteiger partial charge in [-0.25, -0.2) is 0 Å². The number of thiophene rings is 1. The number of aromatic nitrogens is 2. The highest BCUT2D eigenvalue weighted by Crippen LogP contribution is 2.19. The molecule has 0 bridgehead atoms. The van der Waals surface area contributed by atoms with Gasteiger partial charge in [-0.3, -0.25) is 4.99 Å². The minimum Gasteiger partial charge on any atom is -0.356 e. The molecule has 0 spiro atoms. The van der Waals surface area contributed by atoms with Crippen LogP contribution >= 0.6 is 11.3 Å². The molecule has 0 aliphatic rings. The molecule has 1 atom stereocenters. The highest BCUT2D eigenvalue weighted by Gasteiger charge is 2.10. The molecule has 1 unspecified atom stereocenters. The average Bonchev–Trinajstić information content (AvgIpc) is 3.21. The first kappa shape index (κ1) is 17.5. The van der Waals surface area contributed by atoms with E-state index in [9.17, 15) is 0 Å². The maximum absolute atomic E-state index is 5.23. The van der Waals surface area contributed by atoms with Gasteiger partial charge >= 0.3 is 0 Å². The lowest BCUT2D eigenvalue weighted by Gasteiger charge is -2.14. The van der Waals surface area contributed by atoms with E-state index in [0.717, 1.165) is 18.3 Å². The predicted octanol–water partition coefficient (Wildman–Crippen LogP) is 2.77. The van der Waals surface area contributed by atoms with Gasteiger partial charge in [-0.2, -0.15) is 4.98 Å².